The summed E-state index contributed by atoms with van der Waals surface area (Å²) in [4.78, 5) is 17.0. The van der Waals surface area contributed by atoms with Crippen LogP contribution in [0.15, 0.2) is 63.2 Å². The Morgan fingerprint density at radius 1 is 1.07 bits per heavy atom. The maximum atomic E-state index is 12.4. The van der Waals surface area contributed by atoms with E-state index in [1.807, 2.05) is 19.2 Å². The number of rotatable bonds is 4. The van der Waals surface area contributed by atoms with Crippen molar-refractivity contribution in [1.82, 2.24) is 4.98 Å². The lowest BCUT2D eigenvalue weighted by Crippen LogP contribution is -2.13. The van der Waals surface area contributed by atoms with E-state index in [9.17, 15) is 13.2 Å². The average molecular weight is 427 g/mol. The number of carbonyl (C=O) groups excluding carboxylic acids is 1. The number of anilines is 2. The maximum Gasteiger partial charge on any atom is 0.285 e. The third-order valence-electron chi connectivity index (χ3n) is 4.38. The zero-order valence-corrected chi connectivity index (χ0v) is 17.3. The Balaban J connectivity index is 1.48. The van der Waals surface area contributed by atoms with Crippen molar-refractivity contribution < 1.29 is 13.2 Å². The van der Waals surface area contributed by atoms with Gasteiger partial charge in [0.15, 0.2) is 11.0 Å². The van der Waals surface area contributed by atoms with Crippen molar-refractivity contribution in [3.63, 3.8) is 0 Å². The number of fused-ring (bicyclic) bond motifs is 1. The Labute approximate surface area is 172 Å². The fourth-order valence-electron chi connectivity index (χ4n) is 2.82. The van der Waals surface area contributed by atoms with E-state index < -0.39 is 10.0 Å². The summed E-state index contributed by atoms with van der Waals surface area (Å²) in [6, 6.07) is 13.4. The Morgan fingerprint density at radius 2 is 1.79 bits per heavy atom. The minimum atomic E-state index is -3.68. The number of nitrogens with one attached hydrogen (secondary N) is 2. The van der Waals surface area contributed by atoms with Crippen LogP contribution in [0.4, 0.5) is 10.8 Å². The van der Waals surface area contributed by atoms with Crippen molar-refractivity contribution >= 4 is 43.9 Å². The smallest absolute Gasteiger partial charge is 0.285 e. The Kier molecular flexibility index (Phi) is 4.93. The van der Waals surface area contributed by atoms with E-state index in [-0.39, 0.29) is 16.6 Å². The van der Waals surface area contributed by atoms with E-state index in [1.54, 1.807) is 42.5 Å². The molecule has 0 saturated carbocycles. The highest BCUT2D eigenvalue weighted by molar-refractivity contribution is 7.90. The third-order valence-corrected chi connectivity index (χ3v) is 6.49. The van der Waals surface area contributed by atoms with Crippen molar-refractivity contribution in [1.29, 1.82) is 0 Å². The van der Waals surface area contributed by atoms with Gasteiger partial charge in [-0.05, 0) is 42.3 Å². The molecule has 148 valence electrons. The van der Waals surface area contributed by atoms with Crippen molar-refractivity contribution in [2.45, 2.75) is 24.7 Å². The molecule has 2 N–H and O–H groups in total. The summed E-state index contributed by atoms with van der Waals surface area (Å²) in [6.45, 7) is 4.09. The minimum Gasteiger partial charge on any atom is -0.339 e. The zero-order valence-electron chi connectivity index (χ0n) is 15.7. The molecule has 0 unspecified atom stereocenters. The summed E-state index contributed by atoms with van der Waals surface area (Å²) in [5, 5.41) is 8.30. The molecule has 0 radical (unpaired) electrons. The SMILES string of the molecule is CC(C)c1csc(NC(=O)c2ccc(NC3=NS(=O)(=O)c4ccccc43)cc2)n1. The van der Waals surface area contributed by atoms with Crippen LogP contribution in [-0.2, 0) is 10.0 Å². The highest BCUT2D eigenvalue weighted by Gasteiger charge is 2.28. The number of benzene rings is 2. The predicted octanol–water partition coefficient (Wildman–Crippen LogP) is 4.08. The molecule has 7 nitrogen and oxygen atoms in total. The van der Waals surface area contributed by atoms with Crippen LogP contribution in [0.5, 0.6) is 0 Å². The van der Waals surface area contributed by atoms with Gasteiger partial charge in [0.2, 0.25) is 0 Å². The molecule has 1 aromatic heterocycles. The highest BCUT2D eigenvalue weighted by atomic mass is 32.2. The first-order valence-electron chi connectivity index (χ1n) is 8.92. The highest BCUT2D eigenvalue weighted by Crippen LogP contribution is 2.27. The first-order valence-corrected chi connectivity index (χ1v) is 11.2. The lowest BCUT2D eigenvalue weighted by Gasteiger charge is -2.07. The number of hydrogen-bond acceptors (Lipinski definition) is 6. The van der Waals surface area contributed by atoms with Crippen molar-refractivity contribution in [2.75, 3.05) is 10.6 Å². The molecule has 0 spiro atoms. The number of hydrogen-bond donors (Lipinski definition) is 2. The van der Waals surface area contributed by atoms with E-state index in [0.29, 0.717) is 27.9 Å². The summed E-state index contributed by atoms with van der Waals surface area (Å²) in [5.74, 6) is 0.309. The largest absolute Gasteiger partial charge is 0.339 e. The Morgan fingerprint density at radius 3 is 2.48 bits per heavy atom. The lowest BCUT2D eigenvalue weighted by atomic mass is 10.1. The third kappa shape index (κ3) is 3.92. The van der Waals surface area contributed by atoms with E-state index >= 15 is 0 Å². The van der Waals surface area contributed by atoms with Gasteiger partial charge < -0.3 is 5.32 Å². The van der Waals surface area contributed by atoms with Gasteiger partial charge in [-0.25, -0.2) is 4.98 Å². The molecule has 0 atom stereocenters. The quantitative estimate of drug-likeness (QED) is 0.655. The van der Waals surface area contributed by atoms with E-state index in [4.69, 9.17) is 0 Å². The van der Waals surface area contributed by atoms with Gasteiger partial charge in [0.05, 0.1) is 5.69 Å². The molecule has 1 aliphatic heterocycles. The Hall–Kier alpha value is -3.04. The van der Waals surface area contributed by atoms with Gasteiger partial charge in [-0.1, -0.05) is 26.0 Å². The predicted molar refractivity (Wildman–Crippen MR) is 114 cm³/mol. The lowest BCUT2D eigenvalue weighted by molar-refractivity contribution is 0.102. The van der Waals surface area contributed by atoms with Gasteiger partial charge >= 0.3 is 0 Å². The maximum absolute atomic E-state index is 12.4. The number of thiazole rings is 1. The molecule has 29 heavy (non-hydrogen) atoms. The average Bonchev–Trinajstić information content (AvgIpc) is 3.26. The van der Waals surface area contributed by atoms with Crippen molar-refractivity contribution in [3.05, 3.63) is 70.7 Å². The number of aromatic nitrogens is 1. The van der Waals surface area contributed by atoms with E-state index in [1.165, 1.54) is 17.4 Å². The summed E-state index contributed by atoms with van der Waals surface area (Å²) < 4.78 is 28.1. The molecular weight excluding hydrogens is 408 g/mol. The van der Waals surface area contributed by atoms with Gasteiger partial charge in [-0.2, -0.15) is 8.42 Å². The van der Waals surface area contributed by atoms with Crippen LogP contribution >= 0.6 is 11.3 Å². The van der Waals surface area contributed by atoms with E-state index in [0.717, 1.165) is 5.69 Å². The van der Waals surface area contributed by atoms with Crippen LogP contribution in [0.3, 0.4) is 0 Å². The van der Waals surface area contributed by atoms with Gasteiger partial charge in [0, 0.05) is 22.2 Å². The standard InChI is InChI=1S/C20H18N4O3S2/c1-12(2)16-11-28-20(22-16)23-19(25)13-7-9-14(10-8-13)21-18-15-5-3-4-6-17(15)29(26,27)24-18/h3-12H,1-2H3,(H,21,24)(H,22,23,25). The zero-order chi connectivity index (χ0) is 20.6. The monoisotopic (exact) mass is 426 g/mol. The molecule has 1 aliphatic rings. The van der Waals surface area contributed by atoms with Crippen LogP contribution in [0, 0.1) is 0 Å². The molecule has 1 amide bonds. The number of amides is 1. The Bertz CT molecular complexity index is 1210. The second-order valence-corrected chi connectivity index (χ2v) is 9.23. The van der Waals surface area contributed by atoms with E-state index in [2.05, 4.69) is 20.0 Å². The van der Waals surface area contributed by atoms with Crippen LogP contribution < -0.4 is 10.6 Å². The summed E-state index contributed by atoms with van der Waals surface area (Å²) in [6.07, 6.45) is 0. The fourth-order valence-corrected chi connectivity index (χ4v) is 4.86. The second-order valence-electron chi connectivity index (χ2n) is 6.80. The van der Waals surface area contributed by atoms with Gasteiger partial charge in [0.25, 0.3) is 15.9 Å². The van der Waals surface area contributed by atoms with Crippen LogP contribution in [0.25, 0.3) is 0 Å². The molecule has 2 heterocycles. The number of nitrogens with zero attached hydrogens (tertiary/aromatic N) is 2. The number of amidine groups is 1. The van der Waals surface area contributed by atoms with Crippen LogP contribution in [0.1, 0.15) is 41.4 Å². The summed E-state index contributed by atoms with van der Waals surface area (Å²) >= 11 is 1.39. The summed E-state index contributed by atoms with van der Waals surface area (Å²) in [5.41, 5.74) is 2.57. The molecule has 0 aliphatic carbocycles. The topological polar surface area (TPSA) is 101 Å². The van der Waals surface area contributed by atoms with Crippen molar-refractivity contribution in [3.8, 4) is 0 Å². The second kappa shape index (κ2) is 7.41. The molecule has 9 heteroatoms. The normalized spacial score (nSPS) is 14.4. The molecule has 0 fully saturated rings. The summed E-state index contributed by atoms with van der Waals surface area (Å²) in [7, 11) is -3.68. The van der Waals surface area contributed by atoms with Crippen LogP contribution in [-0.4, -0.2) is 25.1 Å². The first-order chi connectivity index (χ1) is 13.8. The van der Waals surface area contributed by atoms with Gasteiger partial charge in [-0.3, -0.25) is 10.1 Å². The number of sulfonamides is 1. The number of carbonyl (C=O) groups is 1. The minimum absolute atomic E-state index is 0.183. The molecule has 4 rings (SSSR count). The first kappa shape index (κ1) is 19.3. The molecular formula is C20H18N4O3S2. The molecule has 2 aromatic carbocycles. The van der Waals surface area contributed by atoms with Gasteiger partial charge in [0.1, 0.15) is 4.90 Å². The molecule has 0 saturated heterocycles. The van der Waals surface area contributed by atoms with Gasteiger partial charge in [-0.15, -0.1) is 15.7 Å². The van der Waals surface area contributed by atoms with Crippen molar-refractivity contribution in [2.24, 2.45) is 4.40 Å². The molecule has 3 aromatic rings. The molecule has 0 bridgehead atoms. The van der Waals surface area contributed by atoms with Crippen LogP contribution in [0.2, 0.25) is 0 Å². The fraction of sp³-hybridized carbons (Fsp3) is 0.150.